The molecule has 1 saturated heterocycles. The number of imidazole rings is 1. The van der Waals surface area contributed by atoms with E-state index in [9.17, 15) is 4.79 Å². The fraction of sp³-hybridized carbons (Fsp3) is 0.571. The van der Waals surface area contributed by atoms with Crippen LogP contribution in [0, 0.1) is 5.92 Å². The Bertz CT molecular complexity index is 671. The summed E-state index contributed by atoms with van der Waals surface area (Å²) < 4.78 is 8.80. The van der Waals surface area contributed by atoms with Gasteiger partial charge in [0, 0.05) is 32.9 Å². The number of rotatable bonds is 3. The minimum Gasteiger partial charge on any atom is -0.381 e. The molecule has 2 aromatic heterocycles. The van der Waals surface area contributed by atoms with Crippen LogP contribution in [0.25, 0.3) is 11.0 Å². The number of aromatic nitrogens is 3. The van der Waals surface area contributed by atoms with E-state index in [2.05, 4.69) is 4.98 Å². The molecule has 0 amide bonds. The molecule has 2 aromatic rings. The minimum absolute atomic E-state index is 0.00359. The summed E-state index contributed by atoms with van der Waals surface area (Å²) in [5, 5.41) is 0.419. The fourth-order valence-electron chi connectivity index (χ4n) is 2.84. The fourth-order valence-corrected chi connectivity index (χ4v) is 2.99. The van der Waals surface area contributed by atoms with E-state index in [4.69, 9.17) is 16.3 Å². The number of ether oxygens (including phenoxy) is 1. The zero-order chi connectivity index (χ0) is 14.1. The van der Waals surface area contributed by atoms with E-state index in [-0.39, 0.29) is 5.69 Å². The molecule has 108 valence electrons. The van der Waals surface area contributed by atoms with Gasteiger partial charge in [-0.1, -0.05) is 11.6 Å². The molecule has 20 heavy (non-hydrogen) atoms. The summed E-state index contributed by atoms with van der Waals surface area (Å²) in [6.07, 6.45) is 4.83. The second kappa shape index (κ2) is 5.58. The highest BCUT2D eigenvalue weighted by Gasteiger charge is 2.16. The van der Waals surface area contributed by atoms with Crippen molar-refractivity contribution in [2.75, 3.05) is 13.2 Å². The molecular weight excluding hydrogens is 278 g/mol. The highest BCUT2D eigenvalue weighted by Crippen LogP contribution is 2.21. The zero-order valence-corrected chi connectivity index (χ0v) is 12.3. The van der Waals surface area contributed by atoms with Crippen LogP contribution in [0.1, 0.15) is 19.3 Å². The van der Waals surface area contributed by atoms with Gasteiger partial charge in [-0.15, -0.1) is 0 Å². The Balaban J connectivity index is 1.88. The molecule has 6 heteroatoms. The quantitative estimate of drug-likeness (QED) is 0.816. The molecule has 0 aliphatic carbocycles. The van der Waals surface area contributed by atoms with Gasteiger partial charge in [0.15, 0.2) is 0 Å². The summed E-state index contributed by atoms with van der Waals surface area (Å²) in [6, 6.07) is 1.77. The van der Waals surface area contributed by atoms with Gasteiger partial charge in [-0.2, -0.15) is 0 Å². The maximum atomic E-state index is 12.3. The summed E-state index contributed by atoms with van der Waals surface area (Å²) >= 11 is 5.95. The third kappa shape index (κ3) is 2.47. The van der Waals surface area contributed by atoms with Crippen molar-refractivity contribution in [1.29, 1.82) is 0 Å². The predicted octanol–water partition coefficient (Wildman–Crippen LogP) is 2.21. The van der Waals surface area contributed by atoms with E-state index in [0.29, 0.717) is 11.1 Å². The van der Waals surface area contributed by atoms with Crippen LogP contribution in [0.15, 0.2) is 17.1 Å². The summed E-state index contributed by atoms with van der Waals surface area (Å²) in [6.45, 7) is 2.40. The Morgan fingerprint density at radius 1 is 1.40 bits per heavy atom. The van der Waals surface area contributed by atoms with Crippen LogP contribution in [-0.2, 0) is 18.3 Å². The zero-order valence-electron chi connectivity index (χ0n) is 11.5. The smallest absolute Gasteiger partial charge is 0.328 e. The molecular formula is C14H18ClN3O2. The molecule has 1 fully saturated rings. The lowest BCUT2D eigenvalue weighted by molar-refractivity contribution is 0.0626. The predicted molar refractivity (Wildman–Crippen MR) is 78.1 cm³/mol. The van der Waals surface area contributed by atoms with Gasteiger partial charge in [-0.25, -0.2) is 9.78 Å². The van der Waals surface area contributed by atoms with Gasteiger partial charge < -0.3 is 4.74 Å². The van der Waals surface area contributed by atoms with Crippen LogP contribution in [0.5, 0.6) is 0 Å². The molecule has 0 unspecified atom stereocenters. The van der Waals surface area contributed by atoms with Gasteiger partial charge in [0.05, 0.1) is 17.2 Å². The van der Waals surface area contributed by atoms with Crippen molar-refractivity contribution in [2.24, 2.45) is 13.0 Å². The number of halogens is 1. The van der Waals surface area contributed by atoms with Gasteiger partial charge in [-0.05, 0) is 25.2 Å². The van der Waals surface area contributed by atoms with Crippen molar-refractivity contribution in [2.45, 2.75) is 25.8 Å². The highest BCUT2D eigenvalue weighted by molar-refractivity contribution is 6.29. The topological polar surface area (TPSA) is 49.0 Å². The Morgan fingerprint density at radius 3 is 2.90 bits per heavy atom. The normalized spacial score (nSPS) is 16.9. The lowest BCUT2D eigenvalue weighted by Gasteiger charge is -2.21. The Labute approximate surface area is 122 Å². The molecule has 0 bridgehead atoms. The largest absolute Gasteiger partial charge is 0.381 e. The van der Waals surface area contributed by atoms with Gasteiger partial charge >= 0.3 is 5.69 Å². The summed E-state index contributed by atoms with van der Waals surface area (Å²) in [4.78, 5) is 16.4. The minimum atomic E-state index is -0.00359. The first-order valence-corrected chi connectivity index (χ1v) is 7.33. The Hall–Kier alpha value is -1.33. The second-order valence-corrected chi connectivity index (χ2v) is 5.72. The van der Waals surface area contributed by atoms with Gasteiger partial charge in [0.2, 0.25) is 0 Å². The van der Waals surface area contributed by atoms with Crippen molar-refractivity contribution in [3.05, 3.63) is 27.9 Å². The van der Waals surface area contributed by atoms with E-state index >= 15 is 0 Å². The second-order valence-electron chi connectivity index (χ2n) is 5.33. The van der Waals surface area contributed by atoms with Gasteiger partial charge in [0.1, 0.15) is 5.15 Å². The summed E-state index contributed by atoms with van der Waals surface area (Å²) in [5.41, 5.74) is 1.69. The number of nitrogens with zero attached hydrogens (tertiary/aromatic N) is 3. The van der Waals surface area contributed by atoms with Crippen molar-refractivity contribution in [3.8, 4) is 0 Å². The molecule has 0 radical (unpaired) electrons. The third-order valence-corrected chi connectivity index (χ3v) is 4.31. The van der Waals surface area contributed by atoms with Crippen molar-refractivity contribution < 1.29 is 4.74 Å². The van der Waals surface area contributed by atoms with Gasteiger partial charge in [0.25, 0.3) is 0 Å². The molecule has 3 heterocycles. The van der Waals surface area contributed by atoms with Crippen LogP contribution in [0.4, 0.5) is 0 Å². The van der Waals surface area contributed by atoms with E-state index in [1.165, 1.54) is 0 Å². The van der Waals surface area contributed by atoms with Crippen LogP contribution < -0.4 is 5.69 Å². The van der Waals surface area contributed by atoms with E-state index < -0.39 is 0 Å². The first kappa shape index (κ1) is 13.6. The molecule has 3 rings (SSSR count). The Kier molecular flexibility index (Phi) is 3.81. The van der Waals surface area contributed by atoms with E-state index in [0.717, 1.165) is 50.1 Å². The molecule has 0 atom stereocenters. The average Bonchev–Trinajstić information content (AvgIpc) is 2.70. The van der Waals surface area contributed by atoms with Gasteiger partial charge in [-0.3, -0.25) is 9.13 Å². The summed E-state index contributed by atoms with van der Waals surface area (Å²) in [7, 11) is 1.77. The monoisotopic (exact) mass is 295 g/mol. The third-order valence-electron chi connectivity index (χ3n) is 4.10. The van der Waals surface area contributed by atoms with E-state index in [1.54, 1.807) is 28.4 Å². The van der Waals surface area contributed by atoms with Crippen molar-refractivity contribution >= 4 is 22.6 Å². The highest BCUT2D eigenvalue weighted by atomic mass is 35.5. The molecule has 5 nitrogen and oxygen atoms in total. The molecule has 0 aromatic carbocycles. The van der Waals surface area contributed by atoms with E-state index in [1.807, 2.05) is 0 Å². The first-order chi connectivity index (χ1) is 9.66. The lowest BCUT2D eigenvalue weighted by atomic mass is 9.97. The maximum absolute atomic E-state index is 12.3. The lowest BCUT2D eigenvalue weighted by Crippen LogP contribution is -2.24. The number of hydrogen-bond acceptors (Lipinski definition) is 3. The first-order valence-electron chi connectivity index (χ1n) is 6.95. The maximum Gasteiger partial charge on any atom is 0.328 e. The molecule has 1 aliphatic heterocycles. The number of hydrogen-bond donors (Lipinski definition) is 0. The number of fused-ring (bicyclic) bond motifs is 1. The standard InChI is InChI=1S/C14H18ClN3O2/c1-17-12-9-16-13(15)8-11(12)18(14(17)19)5-2-10-3-6-20-7-4-10/h8-10H,2-7H2,1H3. The SMILES string of the molecule is Cn1c(=O)n(CCC2CCOCC2)c2cc(Cl)ncc21. The number of aryl methyl sites for hydroxylation is 2. The average molecular weight is 296 g/mol. The Morgan fingerprint density at radius 2 is 2.15 bits per heavy atom. The van der Waals surface area contributed by atoms with Crippen LogP contribution in [0.3, 0.4) is 0 Å². The molecule has 1 aliphatic rings. The molecule has 0 spiro atoms. The molecule has 0 N–H and O–H groups in total. The van der Waals surface area contributed by atoms with Crippen LogP contribution in [-0.4, -0.2) is 27.3 Å². The molecule has 0 saturated carbocycles. The number of pyridine rings is 1. The van der Waals surface area contributed by atoms with Crippen LogP contribution in [0.2, 0.25) is 5.15 Å². The van der Waals surface area contributed by atoms with Crippen LogP contribution >= 0.6 is 11.6 Å². The van der Waals surface area contributed by atoms with Crippen molar-refractivity contribution in [1.82, 2.24) is 14.1 Å². The van der Waals surface area contributed by atoms with Crippen molar-refractivity contribution in [3.63, 3.8) is 0 Å². The summed E-state index contributed by atoms with van der Waals surface area (Å²) in [5.74, 6) is 0.642.